The standard InChI is InChI=1S/C19H28N2O5S/c1-14-3-9-17(10-4-14)21-27(24,25)13-18(22)20-12-11-15-5-7-16(8-6-15)19(23)26-2/h5-8,14,17,21H,3-4,9-13H2,1-2H3,(H,20,22). The first-order valence-electron chi connectivity index (χ1n) is 9.23. The van der Waals surface area contributed by atoms with E-state index in [0.29, 0.717) is 24.4 Å². The molecule has 0 aliphatic heterocycles. The van der Waals surface area contributed by atoms with Crippen LogP contribution in [0, 0.1) is 5.92 Å². The highest BCUT2D eigenvalue weighted by Crippen LogP contribution is 2.23. The van der Waals surface area contributed by atoms with Crippen LogP contribution in [0.15, 0.2) is 24.3 Å². The summed E-state index contributed by atoms with van der Waals surface area (Å²) < 4.78 is 31.6. The number of sulfonamides is 1. The summed E-state index contributed by atoms with van der Waals surface area (Å²) >= 11 is 0. The van der Waals surface area contributed by atoms with E-state index >= 15 is 0 Å². The van der Waals surface area contributed by atoms with Gasteiger partial charge >= 0.3 is 5.97 Å². The van der Waals surface area contributed by atoms with Gasteiger partial charge in [-0.15, -0.1) is 0 Å². The Morgan fingerprint density at radius 2 is 1.74 bits per heavy atom. The number of nitrogens with one attached hydrogen (secondary N) is 2. The highest BCUT2D eigenvalue weighted by Gasteiger charge is 2.24. The summed E-state index contributed by atoms with van der Waals surface area (Å²) in [5.74, 6) is -0.839. The molecular formula is C19H28N2O5S. The number of hydrogen-bond acceptors (Lipinski definition) is 5. The third-order valence-electron chi connectivity index (χ3n) is 4.79. The van der Waals surface area contributed by atoms with E-state index in [4.69, 9.17) is 0 Å². The zero-order valence-corrected chi connectivity index (χ0v) is 16.7. The Hall–Kier alpha value is -1.93. The summed E-state index contributed by atoms with van der Waals surface area (Å²) in [6, 6.07) is 6.80. The quantitative estimate of drug-likeness (QED) is 0.651. The van der Waals surface area contributed by atoms with Gasteiger partial charge in [0.2, 0.25) is 15.9 Å². The zero-order valence-electron chi connectivity index (χ0n) is 15.9. The third kappa shape index (κ3) is 7.30. The molecule has 0 saturated heterocycles. The van der Waals surface area contributed by atoms with Crippen LogP contribution in [0.4, 0.5) is 0 Å². The van der Waals surface area contributed by atoms with Crippen molar-refractivity contribution < 1.29 is 22.7 Å². The number of methoxy groups -OCH3 is 1. The van der Waals surface area contributed by atoms with Crippen molar-refractivity contribution in [1.82, 2.24) is 10.0 Å². The van der Waals surface area contributed by atoms with E-state index in [2.05, 4.69) is 21.7 Å². The SMILES string of the molecule is COC(=O)c1ccc(CCNC(=O)CS(=O)(=O)NC2CCC(C)CC2)cc1. The van der Waals surface area contributed by atoms with Gasteiger partial charge in [-0.1, -0.05) is 19.1 Å². The second kappa shape index (κ2) is 9.85. The Bertz CT molecular complexity index is 738. The molecule has 0 spiro atoms. The smallest absolute Gasteiger partial charge is 0.337 e. The largest absolute Gasteiger partial charge is 0.465 e. The van der Waals surface area contributed by atoms with Crippen LogP contribution >= 0.6 is 0 Å². The Kier molecular flexibility index (Phi) is 7.79. The molecule has 1 aliphatic carbocycles. The van der Waals surface area contributed by atoms with Gasteiger partial charge in [-0.3, -0.25) is 4.79 Å². The third-order valence-corrected chi connectivity index (χ3v) is 6.13. The molecule has 150 valence electrons. The first kappa shape index (κ1) is 21.4. The molecule has 8 heteroatoms. The summed E-state index contributed by atoms with van der Waals surface area (Å²) in [6.45, 7) is 2.49. The normalized spacial score (nSPS) is 20.1. The molecule has 0 radical (unpaired) electrons. The van der Waals surface area contributed by atoms with Crippen molar-refractivity contribution in [3.8, 4) is 0 Å². The van der Waals surface area contributed by atoms with Gasteiger partial charge in [-0.25, -0.2) is 17.9 Å². The number of amides is 1. The summed E-state index contributed by atoms with van der Waals surface area (Å²) in [6.07, 6.45) is 4.21. The van der Waals surface area contributed by atoms with Crippen LogP contribution in [0.5, 0.6) is 0 Å². The maximum absolute atomic E-state index is 12.1. The van der Waals surface area contributed by atoms with Crippen LogP contribution < -0.4 is 10.0 Å². The minimum absolute atomic E-state index is 0.0627. The maximum atomic E-state index is 12.1. The van der Waals surface area contributed by atoms with Gasteiger partial charge in [-0.2, -0.15) is 0 Å². The highest BCUT2D eigenvalue weighted by atomic mass is 32.2. The highest BCUT2D eigenvalue weighted by molar-refractivity contribution is 7.90. The average molecular weight is 397 g/mol. The first-order valence-corrected chi connectivity index (χ1v) is 10.9. The van der Waals surface area contributed by atoms with Gasteiger partial charge in [0, 0.05) is 12.6 Å². The summed E-state index contributed by atoms with van der Waals surface area (Å²) in [5, 5.41) is 2.63. The van der Waals surface area contributed by atoms with E-state index in [-0.39, 0.29) is 6.04 Å². The zero-order chi connectivity index (χ0) is 19.9. The van der Waals surface area contributed by atoms with Crippen molar-refractivity contribution in [2.75, 3.05) is 19.4 Å². The fourth-order valence-electron chi connectivity index (χ4n) is 3.17. The number of rotatable bonds is 8. The molecule has 2 N–H and O–H groups in total. The monoisotopic (exact) mass is 396 g/mol. The Labute approximate surface area is 160 Å². The van der Waals surface area contributed by atoms with Crippen molar-refractivity contribution in [2.24, 2.45) is 5.92 Å². The number of benzene rings is 1. The fraction of sp³-hybridized carbons (Fsp3) is 0.579. The van der Waals surface area contributed by atoms with E-state index in [1.165, 1.54) is 7.11 Å². The van der Waals surface area contributed by atoms with Gasteiger partial charge < -0.3 is 10.1 Å². The molecule has 7 nitrogen and oxygen atoms in total. The lowest BCUT2D eigenvalue weighted by molar-refractivity contribution is -0.118. The summed E-state index contributed by atoms with van der Waals surface area (Å²) in [5.41, 5.74) is 1.39. The van der Waals surface area contributed by atoms with Crippen molar-refractivity contribution in [3.05, 3.63) is 35.4 Å². The lowest BCUT2D eigenvalue weighted by Gasteiger charge is -2.26. The number of carbonyl (C=O) groups is 2. The van der Waals surface area contributed by atoms with Gasteiger partial charge in [0.15, 0.2) is 0 Å². The molecule has 0 aromatic heterocycles. The fourth-order valence-corrected chi connectivity index (χ4v) is 4.44. The maximum Gasteiger partial charge on any atom is 0.337 e. The summed E-state index contributed by atoms with van der Waals surface area (Å²) in [7, 11) is -2.30. The number of carbonyl (C=O) groups excluding carboxylic acids is 2. The molecule has 0 bridgehead atoms. The number of esters is 1. The molecule has 1 fully saturated rings. The van der Waals surface area contributed by atoms with Crippen molar-refractivity contribution in [1.29, 1.82) is 0 Å². The van der Waals surface area contributed by atoms with Crippen LogP contribution in [0.1, 0.15) is 48.5 Å². The lowest BCUT2D eigenvalue weighted by Crippen LogP contribution is -2.42. The predicted octanol–water partition coefficient (Wildman–Crippen LogP) is 1.63. The second-order valence-corrected chi connectivity index (χ2v) is 8.88. The Balaban J connectivity index is 1.72. The van der Waals surface area contributed by atoms with Crippen molar-refractivity contribution in [3.63, 3.8) is 0 Å². The van der Waals surface area contributed by atoms with Crippen LogP contribution in [0.3, 0.4) is 0 Å². The van der Waals surface area contributed by atoms with Crippen molar-refractivity contribution in [2.45, 2.75) is 45.1 Å². The van der Waals surface area contributed by atoms with E-state index in [9.17, 15) is 18.0 Å². The van der Waals surface area contributed by atoms with Gasteiger partial charge in [0.1, 0.15) is 5.75 Å². The molecule has 1 aliphatic rings. The van der Waals surface area contributed by atoms with Gasteiger partial charge in [0.05, 0.1) is 12.7 Å². The lowest BCUT2D eigenvalue weighted by atomic mass is 9.88. The molecule has 0 unspecified atom stereocenters. The van der Waals surface area contributed by atoms with Gasteiger partial charge in [-0.05, 0) is 55.7 Å². The minimum Gasteiger partial charge on any atom is -0.465 e. The number of ether oxygens (including phenoxy) is 1. The summed E-state index contributed by atoms with van der Waals surface area (Å²) in [4.78, 5) is 23.3. The Morgan fingerprint density at radius 1 is 1.11 bits per heavy atom. The molecule has 1 saturated carbocycles. The molecule has 1 aromatic carbocycles. The molecule has 1 amide bonds. The van der Waals surface area contributed by atoms with E-state index in [1.807, 2.05) is 0 Å². The van der Waals surface area contributed by atoms with E-state index in [1.54, 1.807) is 24.3 Å². The van der Waals surface area contributed by atoms with E-state index < -0.39 is 27.7 Å². The van der Waals surface area contributed by atoms with E-state index in [0.717, 1.165) is 31.2 Å². The molecule has 1 aromatic rings. The number of hydrogen-bond donors (Lipinski definition) is 2. The predicted molar refractivity (Wildman–Crippen MR) is 103 cm³/mol. The van der Waals surface area contributed by atoms with Crippen LogP contribution in [0.2, 0.25) is 0 Å². The first-order chi connectivity index (χ1) is 12.8. The second-order valence-electron chi connectivity index (χ2n) is 7.12. The molecule has 0 atom stereocenters. The molecule has 2 rings (SSSR count). The molecular weight excluding hydrogens is 368 g/mol. The Morgan fingerprint density at radius 3 is 2.33 bits per heavy atom. The average Bonchev–Trinajstić information content (AvgIpc) is 2.63. The van der Waals surface area contributed by atoms with Gasteiger partial charge in [0.25, 0.3) is 0 Å². The minimum atomic E-state index is -3.62. The van der Waals surface area contributed by atoms with Crippen LogP contribution in [-0.4, -0.2) is 45.7 Å². The topological polar surface area (TPSA) is 102 Å². The molecule has 0 heterocycles. The molecule has 27 heavy (non-hydrogen) atoms. The van der Waals surface area contributed by atoms with Crippen molar-refractivity contribution >= 4 is 21.9 Å². The van der Waals surface area contributed by atoms with Crippen LogP contribution in [0.25, 0.3) is 0 Å². The van der Waals surface area contributed by atoms with Crippen LogP contribution in [-0.2, 0) is 26.0 Å².